The van der Waals surface area contributed by atoms with E-state index in [2.05, 4.69) is 87.3 Å². The normalized spacial score (nSPS) is 18.4. The van der Waals surface area contributed by atoms with Gasteiger partial charge in [0.25, 0.3) is 0 Å². The highest BCUT2D eigenvalue weighted by atomic mass is 16.2. The van der Waals surface area contributed by atoms with Gasteiger partial charge in [0.05, 0.1) is 11.2 Å². The Bertz CT molecular complexity index is 1570. The quantitative estimate of drug-likeness (QED) is 0.261. The molecule has 1 unspecified atom stereocenters. The van der Waals surface area contributed by atoms with Crippen molar-refractivity contribution in [1.82, 2.24) is 24.8 Å². The predicted octanol–water partition coefficient (Wildman–Crippen LogP) is 4.19. The molecule has 4 aromatic rings. The van der Waals surface area contributed by atoms with Crippen molar-refractivity contribution in [1.29, 1.82) is 0 Å². The van der Waals surface area contributed by atoms with Crippen molar-refractivity contribution in [3.8, 4) is 11.3 Å². The van der Waals surface area contributed by atoms with E-state index in [1.54, 1.807) is 6.33 Å². The molecule has 0 aliphatic carbocycles. The van der Waals surface area contributed by atoms with Crippen LogP contribution in [0.15, 0.2) is 61.1 Å². The number of hydrogen-bond acceptors (Lipinski definition) is 7. The van der Waals surface area contributed by atoms with Crippen LogP contribution in [0.4, 0.5) is 5.69 Å². The van der Waals surface area contributed by atoms with Crippen molar-refractivity contribution >= 4 is 23.0 Å². The van der Waals surface area contributed by atoms with Crippen LogP contribution >= 0.6 is 0 Å². The smallest absolute Gasteiger partial charge is 0.249 e. The summed E-state index contributed by atoms with van der Waals surface area (Å²) in [4.78, 5) is 30.6. The van der Waals surface area contributed by atoms with Gasteiger partial charge in [-0.25, -0.2) is 9.50 Å². The molecule has 2 amide bonds. The first-order valence-electron chi connectivity index (χ1n) is 15.0. The Balaban J connectivity index is 0.988. The van der Waals surface area contributed by atoms with Crippen LogP contribution in [0.1, 0.15) is 60.3 Å². The Kier molecular flexibility index (Phi) is 8.30. The summed E-state index contributed by atoms with van der Waals surface area (Å²) in [7, 11) is 0. The molecule has 218 valence electrons. The number of rotatable bonds is 9. The second-order valence-corrected chi connectivity index (χ2v) is 11.6. The summed E-state index contributed by atoms with van der Waals surface area (Å²) in [6.45, 7) is 5.93. The number of nitrogens with zero attached hydrogens (tertiary/aromatic N) is 4. The summed E-state index contributed by atoms with van der Waals surface area (Å²) < 4.78 is 1.95. The minimum Gasteiger partial charge on any atom is -0.374 e. The Hall–Kier alpha value is -4.08. The minimum atomic E-state index is -0.352. The fourth-order valence-corrected chi connectivity index (χ4v) is 6.30. The van der Waals surface area contributed by atoms with Crippen molar-refractivity contribution < 1.29 is 9.59 Å². The van der Waals surface area contributed by atoms with Crippen LogP contribution in [-0.4, -0.2) is 57.0 Å². The van der Waals surface area contributed by atoms with E-state index in [0.29, 0.717) is 25.3 Å². The van der Waals surface area contributed by atoms with Gasteiger partial charge in [-0.2, -0.15) is 5.10 Å². The third-order valence-electron chi connectivity index (χ3n) is 8.79. The monoisotopic (exact) mass is 565 g/mol. The number of carbonyl (C=O) groups is 2. The van der Waals surface area contributed by atoms with Gasteiger partial charge < -0.3 is 16.0 Å². The maximum Gasteiger partial charge on any atom is 0.249 e. The van der Waals surface area contributed by atoms with Crippen LogP contribution in [0.25, 0.3) is 16.8 Å². The lowest BCUT2D eigenvalue weighted by Crippen LogP contribution is -2.47. The third-order valence-corrected chi connectivity index (χ3v) is 8.79. The molecular formula is C33H39N7O2. The Morgan fingerprint density at radius 3 is 2.60 bits per heavy atom. The number of nitrogens with two attached hydrogens (primary N) is 1. The van der Waals surface area contributed by atoms with Gasteiger partial charge in [-0.1, -0.05) is 24.3 Å². The largest absolute Gasteiger partial charge is 0.374 e. The number of carbonyl (C=O) groups excluding carboxylic acids is 2. The number of amides is 2. The molecule has 2 aliphatic heterocycles. The Labute approximate surface area is 246 Å². The summed E-state index contributed by atoms with van der Waals surface area (Å²) in [5.41, 5.74) is 14.8. The molecular weight excluding hydrogens is 526 g/mol. The van der Waals surface area contributed by atoms with Gasteiger partial charge in [-0.15, -0.1) is 0 Å². The Morgan fingerprint density at radius 2 is 1.86 bits per heavy atom. The molecule has 2 saturated heterocycles. The third kappa shape index (κ3) is 6.22. The highest BCUT2D eigenvalue weighted by Crippen LogP contribution is 2.30. The second-order valence-electron chi connectivity index (χ2n) is 11.6. The average molecular weight is 566 g/mol. The Morgan fingerprint density at radius 1 is 1.05 bits per heavy atom. The number of anilines is 1. The fraction of sp³-hybridized carbons (Fsp3) is 0.394. The van der Waals surface area contributed by atoms with Gasteiger partial charge >= 0.3 is 0 Å². The predicted molar refractivity (Wildman–Crippen MR) is 164 cm³/mol. The maximum absolute atomic E-state index is 12.0. The summed E-state index contributed by atoms with van der Waals surface area (Å²) in [6.07, 6.45) is 9.09. The van der Waals surface area contributed by atoms with E-state index in [1.165, 1.54) is 16.7 Å². The van der Waals surface area contributed by atoms with Crippen LogP contribution in [0.5, 0.6) is 0 Å². The molecule has 1 atom stereocenters. The number of piperidine rings is 2. The molecule has 2 aromatic heterocycles. The summed E-state index contributed by atoms with van der Waals surface area (Å²) in [5, 5.41) is 10.1. The molecule has 6 rings (SSSR count). The first-order valence-corrected chi connectivity index (χ1v) is 15.0. The molecule has 4 heterocycles. The number of imide groups is 1. The molecule has 0 saturated carbocycles. The van der Waals surface area contributed by atoms with Gasteiger partial charge in [0, 0.05) is 30.4 Å². The molecule has 0 spiro atoms. The molecule has 2 aromatic carbocycles. The first kappa shape index (κ1) is 28.1. The van der Waals surface area contributed by atoms with Crippen LogP contribution in [0.2, 0.25) is 0 Å². The molecule has 0 radical (unpaired) electrons. The molecule has 9 nitrogen and oxygen atoms in total. The van der Waals surface area contributed by atoms with E-state index in [-0.39, 0.29) is 17.9 Å². The van der Waals surface area contributed by atoms with Gasteiger partial charge in [-0.3, -0.25) is 14.9 Å². The van der Waals surface area contributed by atoms with E-state index >= 15 is 0 Å². The van der Waals surface area contributed by atoms with Crippen molar-refractivity contribution in [2.75, 3.05) is 25.0 Å². The van der Waals surface area contributed by atoms with Crippen LogP contribution in [0, 0.1) is 6.92 Å². The number of likely N-dealkylation sites (tertiary alicyclic amines) is 1. The van der Waals surface area contributed by atoms with Crippen LogP contribution in [0.3, 0.4) is 0 Å². The first-order chi connectivity index (χ1) is 20.5. The number of nitrogens with one attached hydrogen (secondary N) is 2. The zero-order valence-electron chi connectivity index (χ0n) is 24.2. The topological polar surface area (TPSA) is 118 Å². The number of aryl methyl sites for hydroxylation is 2. The second kappa shape index (κ2) is 12.4. The van der Waals surface area contributed by atoms with Crippen LogP contribution in [-0.2, 0) is 22.6 Å². The van der Waals surface area contributed by atoms with Gasteiger partial charge in [0.1, 0.15) is 12.4 Å². The fourth-order valence-electron chi connectivity index (χ4n) is 6.30. The number of benzene rings is 2. The molecule has 2 aliphatic rings. The summed E-state index contributed by atoms with van der Waals surface area (Å²) in [5.74, 6) is 0.125. The summed E-state index contributed by atoms with van der Waals surface area (Å²) >= 11 is 0. The van der Waals surface area contributed by atoms with Crippen molar-refractivity contribution in [2.45, 2.75) is 64.0 Å². The van der Waals surface area contributed by atoms with E-state index in [4.69, 9.17) is 5.73 Å². The maximum atomic E-state index is 12.0. The highest BCUT2D eigenvalue weighted by molar-refractivity contribution is 6.01. The van der Waals surface area contributed by atoms with E-state index in [1.807, 2.05) is 4.52 Å². The zero-order chi connectivity index (χ0) is 29.1. The number of hydrogen-bond donors (Lipinski definition) is 3. The number of aromatic nitrogens is 3. The van der Waals surface area contributed by atoms with Crippen molar-refractivity contribution in [3.63, 3.8) is 0 Å². The van der Waals surface area contributed by atoms with Gasteiger partial charge in [-0.05, 0) is 111 Å². The van der Waals surface area contributed by atoms with E-state index < -0.39 is 0 Å². The van der Waals surface area contributed by atoms with Crippen molar-refractivity contribution in [3.05, 3.63) is 83.3 Å². The SMILES string of the molecule is Cc1cc(-c2ncnn3cc(CCCN4CCC(c5ccc(NC6CCC(=O)NC6=O)cc5)CC4)cc23)ccc1CN. The standard InChI is InChI=1S/C33H39N7O2/c1-22-17-26(4-5-27(22)19-34)32-30-18-23(20-40(30)36-21-35-32)3-2-14-39-15-12-25(13-16-39)24-6-8-28(9-7-24)37-29-10-11-31(41)38-33(29)42/h4-9,17-18,20-21,25,29,37H,2-3,10-16,19,34H2,1H3,(H,38,41,42). The van der Waals surface area contributed by atoms with E-state index in [9.17, 15) is 9.59 Å². The average Bonchev–Trinajstić information content (AvgIpc) is 3.42. The molecule has 4 N–H and O–H groups in total. The van der Waals surface area contributed by atoms with E-state index in [0.717, 1.165) is 73.3 Å². The minimum absolute atomic E-state index is 0.192. The molecule has 2 fully saturated rings. The lowest BCUT2D eigenvalue weighted by Gasteiger charge is -2.32. The summed E-state index contributed by atoms with van der Waals surface area (Å²) in [6, 6.07) is 16.7. The van der Waals surface area contributed by atoms with Gasteiger partial charge in [0.2, 0.25) is 11.8 Å². The molecule has 9 heteroatoms. The lowest BCUT2D eigenvalue weighted by atomic mass is 9.89. The highest BCUT2D eigenvalue weighted by Gasteiger charge is 2.26. The molecule has 0 bridgehead atoms. The number of fused-ring (bicyclic) bond motifs is 1. The zero-order valence-corrected chi connectivity index (χ0v) is 24.2. The molecule has 42 heavy (non-hydrogen) atoms. The van der Waals surface area contributed by atoms with Gasteiger partial charge in [0.15, 0.2) is 0 Å². The lowest BCUT2D eigenvalue weighted by molar-refractivity contribution is -0.133. The van der Waals surface area contributed by atoms with Crippen LogP contribution < -0.4 is 16.4 Å². The van der Waals surface area contributed by atoms with Crippen molar-refractivity contribution in [2.24, 2.45) is 5.73 Å².